The lowest BCUT2D eigenvalue weighted by Gasteiger charge is -2.35. The molecule has 2 atom stereocenters. The van der Waals surface area contributed by atoms with E-state index in [9.17, 15) is 13.2 Å². The van der Waals surface area contributed by atoms with Gasteiger partial charge in [-0.25, -0.2) is 8.42 Å². The number of nitrogens with zero attached hydrogens (tertiary/aromatic N) is 1. The molecule has 3 aromatic rings. The molecule has 0 saturated heterocycles. The Labute approximate surface area is 209 Å². The first-order valence-corrected chi connectivity index (χ1v) is 12.6. The van der Waals surface area contributed by atoms with Crippen LogP contribution >= 0.6 is 11.6 Å². The summed E-state index contributed by atoms with van der Waals surface area (Å²) in [5, 5.41) is 3.24. The number of halogens is 1. The van der Waals surface area contributed by atoms with Gasteiger partial charge >= 0.3 is 0 Å². The van der Waals surface area contributed by atoms with E-state index in [1.807, 2.05) is 25.1 Å². The molecular formula is C25H25ClN2O6S. The molecule has 0 radical (unpaired) electrons. The normalized spacial score (nSPS) is 16.0. The minimum absolute atomic E-state index is 0.0488. The van der Waals surface area contributed by atoms with Crippen molar-refractivity contribution in [3.63, 3.8) is 0 Å². The van der Waals surface area contributed by atoms with Crippen LogP contribution in [0.3, 0.4) is 0 Å². The lowest BCUT2D eigenvalue weighted by atomic mass is 10.1. The monoisotopic (exact) mass is 516 g/mol. The molecule has 8 nitrogen and oxygen atoms in total. The summed E-state index contributed by atoms with van der Waals surface area (Å²) in [6, 6.07) is 17.6. The summed E-state index contributed by atoms with van der Waals surface area (Å²) < 4.78 is 44.8. The maximum absolute atomic E-state index is 13.6. The van der Waals surface area contributed by atoms with E-state index in [1.54, 1.807) is 37.4 Å². The number of nitrogens with one attached hydrogen (secondary N) is 1. The molecular weight excluding hydrogens is 492 g/mol. The average Bonchev–Trinajstić information content (AvgIpc) is 2.87. The summed E-state index contributed by atoms with van der Waals surface area (Å²) in [6.07, 6.45) is -1.09. The van der Waals surface area contributed by atoms with Crippen molar-refractivity contribution >= 4 is 33.2 Å². The lowest BCUT2D eigenvalue weighted by molar-refractivity contribution is -0.128. The Bertz CT molecular complexity index is 1330. The number of rotatable bonds is 7. The van der Waals surface area contributed by atoms with Crippen molar-refractivity contribution in [3.05, 3.63) is 77.3 Å². The van der Waals surface area contributed by atoms with E-state index in [1.165, 1.54) is 25.3 Å². The van der Waals surface area contributed by atoms with Crippen LogP contribution in [0.5, 0.6) is 17.2 Å². The van der Waals surface area contributed by atoms with Gasteiger partial charge in [0.05, 0.1) is 37.4 Å². The highest BCUT2D eigenvalue weighted by Crippen LogP contribution is 2.39. The molecule has 3 aromatic carbocycles. The van der Waals surface area contributed by atoms with Crippen molar-refractivity contribution in [2.75, 3.05) is 25.1 Å². The number of carbonyl (C=O) groups excluding carboxylic acids is 1. The van der Waals surface area contributed by atoms with Crippen molar-refractivity contribution in [3.8, 4) is 17.2 Å². The van der Waals surface area contributed by atoms with Gasteiger partial charge in [0, 0.05) is 10.6 Å². The van der Waals surface area contributed by atoms with Gasteiger partial charge in [0.15, 0.2) is 6.10 Å². The number of amides is 1. The fourth-order valence-corrected chi connectivity index (χ4v) is 5.51. The van der Waals surface area contributed by atoms with Gasteiger partial charge in [-0.05, 0) is 55.5 Å². The molecule has 35 heavy (non-hydrogen) atoms. The zero-order chi connectivity index (χ0) is 25.2. The minimum atomic E-state index is -4.04. The standard InChI is InChI=1S/C25H25ClN2O6S/c1-16(20-6-4-5-7-22(20)33-3)27-25(29)24-15-28(21-14-17(26)8-13-23(21)34-24)35(30,31)19-11-9-18(32-2)10-12-19/h4-14,16,24H,15H2,1-3H3,(H,27,29)/t16-,24-/m0/s1. The summed E-state index contributed by atoms with van der Waals surface area (Å²) in [5.74, 6) is 0.937. The zero-order valence-corrected chi connectivity index (χ0v) is 21.0. The second-order valence-electron chi connectivity index (χ2n) is 7.90. The number of anilines is 1. The minimum Gasteiger partial charge on any atom is -0.497 e. The number of fused-ring (bicyclic) bond motifs is 1. The SMILES string of the molecule is COc1ccc(S(=O)(=O)N2C[C@@H](C(=O)N[C@@H](C)c3ccccc3OC)Oc3ccc(Cl)cc32)cc1. The zero-order valence-electron chi connectivity index (χ0n) is 19.4. The molecule has 0 bridgehead atoms. The summed E-state index contributed by atoms with van der Waals surface area (Å²) in [5.41, 5.74) is 1.05. The second-order valence-corrected chi connectivity index (χ2v) is 10.2. The highest BCUT2D eigenvalue weighted by atomic mass is 35.5. The smallest absolute Gasteiger partial charge is 0.264 e. The van der Waals surface area contributed by atoms with Crippen LogP contribution in [0, 0.1) is 0 Å². The van der Waals surface area contributed by atoms with Crippen molar-refractivity contribution in [2.45, 2.75) is 24.0 Å². The van der Waals surface area contributed by atoms with Crippen molar-refractivity contribution in [2.24, 2.45) is 0 Å². The number of sulfonamides is 1. The van der Waals surface area contributed by atoms with Crippen LogP contribution < -0.4 is 23.8 Å². The molecule has 1 aliphatic rings. The summed E-state index contributed by atoms with van der Waals surface area (Å²) in [6.45, 7) is 1.59. The van der Waals surface area contributed by atoms with Crippen molar-refractivity contribution in [1.82, 2.24) is 5.32 Å². The van der Waals surface area contributed by atoms with Crippen LogP contribution in [-0.2, 0) is 14.8 Å². The van der Waals surface area contributed by atoms with Gasteiger partial charge in [-0.3, -0.25) is 9.10 Å². The third-order valence-electron chi connectivity index (χ3n) is 5.69. The Kier molecular flexibility index (Phi) is 7.09. The molecule has 0 fully saturated rings. The number of carbonyl (C=O) groups is 1. The first-order chi connectivity index (χ1) is 16.7. The molecule has 1 aliphatic heterocycles. The highest BCUT2D eigenvalue weighted by molar-refractivity contribution is 7.92. The van der Waals surface area contributed by atoms with Gasteiger partial charge in [0.25, 0.3) is 15.9 Å². The molecule has 1 heterocycles. The predicted octanol–water partition coefficient (Wildman–Crippen LogP) is 4.19. The van der Waals surface area contributed by atoms with Crippen LogP contribution in [0.25, 0.3) is 0 Å². The predicted molar refractivity (Wildman–Crippen MR) is 133 cm³/mol. The Morgan fingerprint density at radius 2 is 1.80 bits per heavy atom. The molecule has 0 aromatic heterocycles. The second kappa shape index (κ2) is 10.1. The van der Waals surface area contributed by atoms with Gasteiger partial charge in [-0.1, -0.05) is 29.8 Å². The van der Waals surface area contributed by atoms with Gasteiger partial charge in [-0.15, -0.1) is 0 Å². The van der Waals surface area contributed by atoms with E-state index in [-0.39, 0.29) is 22.9 Å². The van der Waals surface area contributed by atoms with Gasteiger partial charge in [0.1, 0.15) is 17.2 Å². The van der Waals surface area contributed by atoms with E-state index >= 15 is 0 Å². The number of ether oxygens (including phenoxy) is 3. The molecule has 0 aliphatic carbocycles. The van der Waals surface area contributed by atoms with Gasteiger partial charge < -0.3 is 19.5 Å². The third kappa shape index (κ3) is 5.01. The fourth-order valence-electron chi connectivity index (χ4n) is 3.87. The quantitative estimate of drug-likeness (QED) is 0.506. The molecule has 0 spiro atoms. The van der Waals surface area contributed by atoms with Crippen LogP contribution in [0.4, 0.5) is 5.69 Å². The van der Waals surface area contributed by atoms with E-state index in [0.717, 1.165) is 9.87 Å². The molecule has 1 amide bonds. The average molecular weight is 517 g/mol. The van der Waals surface area contributed by atoms with E-state index in [4.69, 9.17) is 25.8 Å². The van der Waals surface area contributed by atoms with Crippen LogP contribution in [-0.4, -0.2) is 41.2 Å². The van der Waals surface area contributed by atoms with E-state index < -0.39 is 28.1 Å². The number of hydrogen-bond donors (Lipinski definition) is 1. The highest BCUT2D eigenvalue weighted by Gasteiger charge is 2.38. The number of para-hydroxylation sites is 1. The lowest BCUT2D eigenvalue weighted by Crippen LogP contribution is -2.51. The molecule has 0 unspecified atom stereocenters. The van der Waals surface area contributed by atoms with Gasteiger partial charge in [0.2, 0.25) is 0 Å². The van der Waals surface area contributed by atoms with E-state index in [2.05, 4.69) is 5.32 Å². The summed E-state index contributed by atoms with van der Waals surface area (Å²) in [7, 11) is -0.980. The third-order valence-corrected chi connectivity index (χ3v) is 7.72. The van der Waals surface area contributed by atoms with E-state index in [0.29, 0.717) is 16.5 Å². The van der Waals surface area contributed by atoms with Gasteiger partial charge in [-0.2, -0.15) is 0 Å². The molecule has 1 N–H and O–H groups in total. The topological polar surface area (TPSA) is 94.2 Å². The van der Waals surface area contributed by atoms with Crippen molar-refractivity contribution < 1.29 is 27.4 Å². The van der Waals surface area contributed by atoms with Crippen molar-refractivity contribution in [1.29, 1.82) is 0 Å². The summed E-state index contributed by atoms with van der Waals surface area (Å²) >= 11 is 6.16. The molecule has 10 heteroatoms. The molecule has 0 saturated carbocycles. The maximum Gasteiger partial charge on any atom is 0.264 e. The van der Waals surface area contributed by atoms with Crippen LogP contribution in [0.15, 0.2) is 71.6 Å². The largest absolute Gasteiger partial charge is 0.497 e. The maximum atomic E-state index is 13.6. The Hall–Kier alpha value is -3.43. The number of benzene rings is 3. The first kappa shape index (κ1) is 24.7. The Morgan fingerprint density at radius 3 is 2.49 bits per heavy atom. The summed E-state index contributed by atoms with van der Waals surface area (Å²) in [4.78, 5) is 13.3. The number of hydrogen-bond acceptors (Lipinski definition) is 6. The molecule has 4 rings (SSSR count). The molecule has 184 valence electrons. The Balaban J connectivity index is 1.64. The Morgan fingerprint density at radius 1 is 1.09 bits per heavy atom. The van der Waals surface area contributed by atoms with Crippen LogP contribution in [0.2, 0.25) is 5.02 Å². The number of methoxy groups -OCH3 is 2. The van der Waals surface area contributed by atoms with Crippen LogP contribution in [0.1, 0.15) is 18.5 Å². The fraction of sp³-hybridized carbons (Fsp3) is 0.240. The first-order valence-electron chi connectivity index (χ1n) is 10.8.